The minimum absolute atomic E-state index is 0.215. The summed E-state index contributed by atoms with van der Waals surface area (Å²) in [4.78, 5) is 18.3. The van der Waals surface area contributed by atoms with Gasteiger partial charge in [0.1, 0.15) is 5.82 Å². The van der Waals surface area contributed by atoms with E-state index in [2.05, 4.69) is 9.97 Å². The monoisotopic (exact) mass is 283 g/mol. The summed E-state index contributed by atoms with van der Waals surface area (Å²) in [7, 11) is 0. The molecule has 1 aromatic heterocycles. The Morgan fingerprint density at radius 2 is 1.94 bits per heavy atom. The smallest absolute Gasteiger partial charge is 0.251 e. The lowest BCUT2D eigenvalue weighted by atomic mass is 10.1. The SMILES string of the molecule is NCc1cc(=O)[nH]c(Cc2c(Cl)cccc2Cl)n1. The number of nitrogens with one attached hydrogen (secondary N) is 1. The van der Waals surface area contributed by atoms with E-state index in [0.29, 0.717) is 28.0 Å². The molecule has 6 heteroatoms. The summed E-state index contributed by atoms with van der Waals surface area (Å²) in [6, 6.07) is 6.62. The highest BCUT2D eigenvalue weighted by Gasteiger charge is 2.08. The molecule has 0 radical (unpaired) electrons. The number of H-pyrrole nitrogens is 1. The first-order valence-electron chi connectivity index (χ1n) is 5.32. The summed E-state index contributed by atoms with van der Waals surface area (Å²) in [5.41, 5.74) is 6.51. The molecule has 0 saturated heterocycles. The number of aromatic amines is 1. The van der Waals surface area contributed by atoms with Crippen LogP contribution in [0.2, 0.25) is 10.0 Å². The standard InChI is InChI=1S/C12H11Cl2N3O/c13-9-2-1-3-10(14)8(9)5-11-16-7(6-15)4-12(18)17-11/h1-4H,5-6,15H2,(H,16,17,18). The van der Waals surface area contributed by atoms with Crippen LogP contribution in [0.5, 0.6) is 0 Å². The molecule has 0 atom stereocenters. The van der Waals surface area contributed by atoms with Gasteiger partial charge in [0.25, 0.3) is 5.56 Å². The first-order valence-corrected chi connectivity index (χ1v) is 6.08. The Hall–Kier alpha value is -1.36. The van der Waals surface area contributed by atoms with Crippen molar-refractivity contribution in [2.75, 3.05) is 0 Å². The highest BCUT2D eigenvalue weighted by Crippen LogP contribution is 2.25. The molecule has 0 amide bonds. The number of halogens is 2. The molecule has 0 bridgehead atoms. The Morgan fingerprint density at radius 3 is 2.56 bits per heavy atom. The van der Waals surface area contributed by atoms with Crippen molar-refractivity contribution in [1.29, 1.82) is 0 Å². The second kappa shape index (κ2) is 5.52. The van der Waals surface area contributed by atoms with Crippen LogP contribution in [0.15, 0.2) is 29.1 Å². The third-order valence-corrected chi connectivity index (χ3v) is 3.17. The van der Waals surface area contributed by atoms with Gasteiger partial charge in [-0.15, -0.1) is 0 Å². The minimum Gasteiger partial charge on any atom is -0.325 e. The van der Waals surface area contributed by atoms with Gasteiger partial charge in [-0.05, 0) is 17.7 Å². The molecular weight excluding hydrogens is 273 g/mol. The van der Waals surface area contributed by atoms with Crippen LogP contribution >= 0.6 is 23.2 Å². The van der Waals surface area contributed by atoms with E-state index in [4.69, 9.17) is 28.9 Å². The first-order chi connectivity index (χ1) is 8.60. The van der Waals surface area contributed by atoms with Crippen LogP contribution in [0, 0.1) is 0 Å². The lowest BCUT2D eigenvalue weighted by molar-refractivity contribution is 0.875. The number of rotatable bonds is 3. The summed E-state index contributed by atoms with van der Waals surface area (Å²) >= 11 is 12.1. The van der Waals surface area contributed by atoms with E-state index < -0.39 is 0 Å². The van der Waals surface area contributed by atoms with E-state index in [0.717, 1.165) is 5.56 Å². The molecule has 0 aliphatic carbocycles. The van der Waals surface area contributed by atoms with Gasteiger partial charge in [-0.25, -0.2) is 4.98 Å². The lowest BCUT2D eigenvalue weighted by Gasteiger charge is -2.07. The molecule has 2 aromatic rings. The average molecular weight is 284 g/mol. The van der Waals surface area contributed by atoms with Crippen molar-refractivity contribution < 1.29 is 0 Å². The van der Waals surface area contributed by atoms with E-state index in [1.54, 1.807) is 18.2 Å². The molecule has 0 saturated carbocycles. The van der Waals surface area contributed by atoms with E-state index in [1.807, 2.05) is 0 Å². The fourth-order valence-electron chi connectivity index (χ4n) is 1.62. The van der Waals surface area contributed by atoms with Gasteiger partial charge in [0.2, 0.25) is 0 Å². The molecule has 0 aliphatic rings. The molecule has 0 fully saturated rings. The van der Waals surface area contributed by atoms with Crippen molar-refractivity contribution in [2.24, 2.45) is 5.73 Å². The Bertz CT molecular complexity index is 605. The Kier molecular flexibility index (Phi) is 4.01. The van der Waals surface area contributed by atoms with E-state index in [1.165, 1.54) is 6.07 Å². The second-order valence-corrected chi connectivity index (χ2v) is 4.58. The first kappa shape index (κ1) is 13.1. The van der Waals surface area contributed by atoms with Crippen molar-refractivity contribution in [3.8, 4) is 0 Å². The zero-order chi connectivity index (χ0) is 13.1. The molecule has 94 valence electrons. The van der Waals surface area contributed by atoms with Crippen molar-refractivity contribution in [1.82, 2.24) is 9.97 Å². The van der Waals surface area contributed by atoms with Crippen molar-refractivity contribution in [3.05, 3.63) is 61.7 Å². The Morgan fingerprint density at radius 1 is 1.28 bits per heavy atom. The van der Waals surface area contributed by atoms with Gasteiger partial charge >= 0.3 is 0 Å². The molecular formula is C12H11Cl2N3O. The van der Waals surface area contributed by atoms with Crippen LogP contribution in [0.1, 0.15) is 17.1 Å². The predicted molar refractivity (Wildman–Crippen MR) is 72.0 cm³/mol. The van der Waals surface area contributed by atoms with E-state index >= 15 is 0 Å². The zero-order valence-electron chi connectivity index (χ0n) is 9.41. The van der Waals surface area contributed by atoms with Crippen molar-refractivity contribution >= 4 is 23.2 Å². The van der Waals surface area contributed by atoms with E-state index in [-0.39, 0.29) is 12.1 Å². The summed E-state index contributed by atoms with van der Waals surface area (Å²) in [5, 5.41) is 1.09. The predicted octanol–water partition coefficient (Wildman–Crippen LogP) is 2.13. The number of aromatic nitrogens is 2. The van der Waals surface area contributed by atoms with Gasteiger partial charge in [-0.2, -0.15) is 0 Å². The highest BCUT2D eigenvalue weighted by atomic mass is 35.5. The van der Waals surface area contributed by atoms with Gasteiger partial charge < -0.3 is 10.7 Å². The Balaban J connectivity index is 2.40. The average Bonchev–Trinajstić information content (AvgIpc) is 2.33. The summed E-state index contributed by atoms with van der Waals surface area (Å²) in [6.45, 7) is 0.215. The van der Waals surface area contributed by atoms with Gasteiger partial charge in [0.05, 0.1) is 5.69 Å². The number of hydrogen-bond acceptors (Lipinski definition) is 3. The summed E-state index contributed by atoms with van der Waals surface area (Å²) in [6.07, 6.45) is 0.363. The summed E-state index contributed by atoms with van der Waals surface area (Å²) in [5.74, 6) is 0.498. The maximum absolute atomic E-state index is 11.4. The minimum atomic E-state index is -0.233. The van der Waals surface area contributed by atoms with Crippen LogP contribution < -0.4 is 11.3 Å². The quantitative estimate of drug-likeness (QED) is 0.906. The van der Waals surface area contributed by atoms with Gasteiger partial charge in [-0.1, -0.05) is 29.3 Å². The molecule has 2 rings (SSSR count). The third-order valence-electron chi connectivity index (χ3n) is 2.46. The van der Waals surface area contributed by atoms with Gasteiger partial charge in [0.15, 0.2) is 0 Å². The van der Waals surface area contributed by atoms with Crippen LogP contribution in [-0.2, 0) is 13.0 Å². The number of nitrogens with two attached hydrogens (primary N) is 1. The molecule has 4 nitrogen and oxygen atoms in total. The van der Waals surface area contributed by atoms with E-state index in [9.17, 15) is 4.79 Å². The topological polar surface area (TPSA) is 71.8 Å². The fourth-order valence-corrected chi connectivity index (χ4v) is 2.15. The van der Waals surface area contributed by atoms with Gasteiger partial charge in [0, 0.05) is 29.1 Å². The number of hydrogen-bond donors (Lipinski definition) is 2. The second-order valence-electron chi connectivity index (χ2n) is 3.76. The molecule has 0 aliphatic heterocycles. The molecule has 18 heavy (non-hydrogen) atoms. The molecule has 1 heterocycles. The summed E-state index contributed by atoms with van der Waals surface area (Å²) < 4.78 is 0. The lowest BCUT2D eigenvalue weighted by Crippen LogP contribution is -2.15. The maximum atomic E-state index is 11.4. The van der Waals surface area contributed by atoms with Crippen molar-refractivity contribution in [3.63, 3.8) is 0 Å². The third kappa shape index (κ3) is 2.90. The van der Waals surface area contributed by atoms with Gasteiger partial charge in [-0.3, -0.25) is 4.79 Å². The van der Waals surface area contributed by atoms with Crippen LogP contribution in [-0.4, -0.2) is 9.97 Å². The van der Waals surface area contributed by atoms with Crippen LogP contribution in [0.25, 0.3) is 0 Å². The fraction of sp³-hybridized carbons (Fsp3) is 0.167. The molecule has 0 unspecified atom stereocenters. The maximum Gasteiger partial charge on any atom is 0.251 e. The largest absolute Gasteiger partial charge is 0.325 e. The highest BCUT2D eigenvalue weighted by molar-refractivity contribution is 6.36. The molecule has 1 aromatic carbocycles. The Labute approximate surface area is 114 Å². The molecule has 3 N–H and O–H groups in total. The zero-order valence-corrected chi connectivity index (χ0v) is 10.9. The number of benzene rings is 1. The normalized spacial score (nSPS) is 10.6. The molecule has 0 spiro atoms. The van der Waals surface area contributed by atoms with Crippen molar-refractivity contribution in [2.45, 2.75) is 13.0 Å². The van der Waals surface area contributed by atoms with Crippen LogP contribution in [0.4, 0.5) is 0 Å². The van der Waals surface area contributed by atoms with Crippen LogP contribution in [0.3, 0.4) is 0 Å². The number of nitrogens with zero attached hydrogens (tertiary/aromatic N) is 1.